The zero-order valence-corrected chi connectivity index (χ0v) is 16.7. The van der Waals surface area contributed by atoms with Gasteiger partial charge in [0, 0.05) is 28.5 Å². The van der Waals surface area contributed by atoms with Gasteiger partial charge >= 0.3 is 0 Å². The Morgan fingerprint density at radius 3 is 2.72 bits per heavy atom. The van der Waals surface area contributed by atoms with Crippen LogP contribution in [0.25, 0.3) is 21.8 Å². The number of carbonyl (C=O) groups is 1. The highest BCUT2D eigenvalue weighted by Gasteiger charge is 2.17. The van der Waals surface area contributed by atoms with Crippen LogP contribution in [0.15, 0.2) is 52.7 Å². The highest BCUT2D eigenvalue weighted by molar-refractivity contribution is 6.31. The molecule has 4 rings (SSSR count). The van der Waals surface area contributed by atoms with Crippen molar-refractivity contribution in [1.82, 2.24) is 9.55 Å². The third-order valence-corrected chi connectivity index (χ3v) is 4.95. The van der Waals surface area contributed by atoms with Crippen LogP contribution in [0.3, 0.4) is 0 Å². The van der Waals surface area contributed by atoms with Gasteiger partial charge in [-0.3, -0.25) is 9.78 Å². The molecule has 0 aliphatic rings. The third-order valence-electron chi connectivity index (χ3n) is 4.72. The lowest BCUT2D eigenvalue weighted by molar-refractivity contribution is 0.0996. The lowest BCUT2D eigenvalue weighted by Crippen LogP contribution is -1.99. The molecule has 0 aliphatic heterocycles. The van der Waals surface area contributed by atoms with Crippen LogP contribution < -0.4 is 4.74 Å². The number of amides is 1. The standard InChI is InChI=1S/C21H17ClN4O3/c1-11-8-15(14-10-13(29-3)5-6-17(14)23-11)20(27)25-24-19-16-9-12(22)4-7-18(16)26(2)21(19)28/h4-10,28H,1-3H3. The van der Waals surface area contributed by atoms with E-state index in [-0.39, 0.29) is 11.6 Å². The van der Waals surface area contributed by atoms with E-state index < -0.39 is 5.91 Å². The van der Waals surface area contributed by atoms with Crippen molar-refractivity contribution in [3.05, 3.63) is 58.7 Å². The van der Waals surface area contributed by atoms with E-state index in [1.54, 1.807) is 68.1 Å². The van der Waals surface area contributed by atoms with Crippen molar-refractivity contribution in [1.29, 1.82) is 0 Å². The number of aromatic hydroxyl groups is 1. The second-order valence-electron chi connectivity index (χ2n) is 6.59. The number of benzene rings is 2. The molecule has 0 aliphatic carbocycles. The molecule has 29 heavy (non-hydrogen) atoms. The average Bonchev–Trinajstić information content (AvgIpc) is 2.94. The molecule has 2 aromatic heterocycles. The smallest absolute Gasteiger partial charge is 0.296 e. The fraction of sp³-hybridized carbons (Fsp3) is 0.143. The number of carbonyl (C=O) groups excluding carboxylic acids is 1. The monoisotopic (exact) mass is 408 g/mol. The van der Waals surface area contributed by atoms with Crippen molar-refractivity contribution in [3.63, 3.8) is 0 Å². The van der Waals surface area contributed by atoms with Crippen LogP contribution >= 0.6 is 11.6 Å². The molecule has 146 valence electrons. The topological polar surface area (TPSA) is 89.1 Å². The van der Waals surface area contributed by atoms with Gasteiger partial charge in [-0.1, -0.05) is 11.6 Å². The maximum absolute atomic E-state index is 12.9. The summed E-state index contributed by atoms with van der Waals surface area (Å²) >= 11 is 6.07. The minimum Gasteiger partial charge on any atom is -0.497 e. The van der Waals surface area contributed by atoms with E-state index in [2.05, 4.69) is 15.2 Å². The van der Waals surface area contributed by atoms with E-state index in [1.165, 1.54) is 0 Å². The number of rotatable bonds is 3. The van der Waals surface area contributed by atoms with Crippen molar-refractivity contribution >= 4 is 45.0 Å². The highest BCUT2D eigenvalue weighted by atomic mass is 35.5. The number of fused-ring (bicyclic) bond motifs is 2. The van der Waals surface area contributed by atoms with E-state index in [4.69, 9.17) is 16.3 Å². The van der Waals surface area contributed by atoms with Gasteiger partial charge in [0.25, 0.3) is 5.91 Å². The third kappa shape index (κ3) is 3.30. The molecule has 0 atom stereocenters. The zero-order chi connectivity index (χ0) is 20.7. The van der Waals surface area contributed by atoms with Crippen molar-refractivity contribution < 1.29 is 14.6 Å². The Labute approximate surface area is 171 Å². The Balaban J connectivity index is 1.81. The average molecular weight is 409 g/mol. The van der Waals surface area contributed by atoms with E-state index >= 15 is 0 Å². The first-order valence-electron chi connectivity index (χ1n) is 8.77. The summed E-state index contributed by atoms with van der Waals surface area (Å²) in [6.07, 6.45) is 0. The van der Waals surface area contributed by atoms with Crippen molar-refractivity contribution in [3.8, 4) is 11.6 Å². The minimum atomic E-state index is -0.549. The van der Waals surface area contributed by atoms with Gasteiger partial charge in [-0.05, 0) is 49.4 Å². The van der Waals surface area contributed by atoms with Crippen LogP contribution in [0.2, 0.25) is 5.02 Å². The van der Waals surface area contributed by atoms with Gasteiger partial charge in [-0.25, -0.2) is 0 Å². The maximum Gasteiger partial charge on any atom is 0.296 e. The second kappa shape index (κ2) is 7.18. The predicted molar refractivity (Wildman–Crippen MR) is 111 cm³/mol. The molecule has 1 N–H and O–H groups in total. The molecule has 0 radical (unpaired) electrons. The SMILES string of the molecule is COc1ccc2nc(C)cc(C(=O)N=Nc3c(O)n(C)c4ccc(Cl)cc34)c2c1. The first-order valence-corrected chi connectivity index (χ1v) is 9.15. The highest BCUT2D eigenvalue weighted by Crippen LogP contribution is 2.39. The van der Waals surface area contributed by atoms with E-state index in [0.29, 0.717) is 38.3 Å². The summed E-state index contributed by atoms with van der Waals surface area (Å²) in [6, 6.07) is 12.1. The zero-order valence-electron chi connectivity index (χ0n) is 16.0. The van der Waals surface area contributed by atoms with Gasteiger partial charge in [-0.15, -0.1) is 10.2 Å². The molecular formula is C21H17ClN4O3. The molecule has 1 amide bonds. The number of methoxy groups -OCH3 is 1. The number of hydrogen-bond donors (Lipinski definition) is 1. The van der Waals surface area contributed by atoms with E-state index in [1.807, 2.05) is 0 Å². The lowest BCUT2D eigenvalue weighted by atomic mass is 10.1. The van der Waals surface area contributed by atoms with Crippen LogP contribution in [0.4, 0.5) is 5.69 Å². The van der Waals surface area contributed by atoms with Crippen LogP contribution in [-0.4, -0.2) is 27.7 Å². The Bertz CT molecular complexity index is 1310. The van der Waals surface area contributed by atoms with Crippen LogP contribution in [0, 0.1) is 6.92 Å². The number of ether oxygens (including phenoxy) is 1. The van der Waals surface area contributed by atoms with Crippen LogP contribution in [0.1, 0.15) is 16.1 Å². The van der Waals surface area contributed by atoms with E-state index in [0.717, 1.165) is 5.52 Å². The number of aromatic nitrogens is 2. The summed E-state index contributed by atoms with van der Waals surface area (Å²) in [5.41, 5.74) is 2.60. The fourth-order valence-electron chi connectivity index (χ4n) is 3.27. The fourth-order valence-corrected chi connectivity index (χ4v) is 3.44. The molecule has 0 unspecified atom stereocenters. The molecule has 4 aromatic rings. The minimum absolute atomic E-state index is 0.101. The molecule has 0 saturated carbocycles. The summed E-state index contributed by atoms with van der Waals surface area (Å²) in [6.45, 7) is 1.80. The van der Waals surface area contributed by atoms with Crippen molar-refractivity contribution in [2.45, 2.75) is 6.92 Å². The van der Waals surface area contributed by atoms with Crippen LogP contribution in [-0.2, 0) is 7.05 Å². The normalized spacial score (nSPS) is 11.6. The molecule has 2 heterocycles. The number of halogens is 1. The Morgan fingerprint density at radius 2 is 1.97 bits per heavy atom. The molecule has 2 aromatic carbocycles. The number of nitrogens with zero attached hydrogens (tertiary/aromatic N) is 4. The van der Waals surface area contributed by atoms with Gasteiger partial charge in [0.15, 0.2) is 5.69 Å². The van der Waals surface area contributed by atoms with Gasteiger partial charge < -0.3 is 14.4 Å². The number of pyridine rings is 1. The summed E-state index contributed by atoms with van der Waals surface area (Å²) in [5, 5.41) is 20.0. The van der Waals surface area contributed by atoms with Gasteiger partial charge in [0.2, 0.25) is 5.88 Å². The van der Waals surface area contributed by atoms with Gasteiger partial charge in [0.1, 0.15) is 5.75 Å². The van der Waals surface area contributed by atoms with Crippen molar-refractivity contribution in [2.75, 3.05) is 7.11 Å². The summed E-state index contributed by atoms with van der Waals surface area (Å²) in [7, 11) is 3.25. The lowest BCUT2D eigenvalue weighted by Gasteiger charge is -2.06. The predicted octanol–water partition coefficient (Wildman–Crippen LogP) is 5.33. The number of hydrogen-bond acceptors (Lipinski definition) is 5. The quantitative estimate of drug-likeness (QED) is 0.464. The largest absolute Gasteiger partial charge is 0.497 e. The molecule has 8 heteroatoms. The molecule has 0 bridgehead atoms. The summed E-state index contributed by atoms with van der Waals surface area (Å²) in [4.78, 5) is 17.3. The molecule has 0 saturated heterocycles. The first-order chi connectivity index (χ1) is 13.9. The van der Waals surface area contributed by atoms with Gasteiger partial charge in [-0.2, -0.15) is 0 Å². The Hall–Kier alpha value is -3.45. The summed E-state index contributed by atoms with van der Waals surface area (Å²) in [5.74, 6) is -0.0427. The molecule has 0 spiro atoms. The Kier molecular flexibility index (Phi) is 4.68. The van der Waals surface area contributed by atoms with Gasteiger partial charge in [0.05, 0.1) is 23.7 Å². The molecular weight excluding hydrogens is 392 g/mol. The first kappa shape index (κ1) is 18.9. The van der Waals surface area contributed by atoms with Crippen molar-refractivity contribution in [2.24, 2.45) is 17.3 Å². The molecule has 0 fully saturated rings. The Morgan fingerprint density at radius 1 is 1.17 bits per heavy atom. The van der Waals surface area contributed by atoms with E-state index in [9.17, 15) is 9.90 Å². The maximum atomic E-state index is 12.9. The second-order valence-corrected chi connectivity index (χ2v) is 7.03. The summed E-state index contributed by atoms with van der Waals surface area (Å²) < 4.78 is 6.81. The molecule has 7 nitrogen and oxygen atoms in total. The number of aryl methyl sites for hydroxylation is 2. The van der Waals surface area contributed by atoms with Crippen LogP contribution in [0.5, 0.6) is 11.6 Å². The number of azo groups is 1.